The fraction of sp³-hybridized carbons (Fsp3) is 0.483. The van der Waals surface area contributed by atoms with Gasteiger partial charge >= 0.3 is 13.3 Å². The number of halogens is 2. The van der Waals surface area contributed by atoms with Crippen LogP contribution >= 0.6 is 18.9 Å². The van der Waals surface area contributed by atoms with Gasteiger partial charge in [-0.1, -0.05) is 87.1 Å². The van der Waals surface area contributed by atoms with Crippen molar-refractivity contribution in [1.82, 2.24) is 20.9 Å². The number of hydrogen-bond acceptors (Lipinski definition) is 11. The number of fused-ring (bicyclic) bond motifs is 2. The van der Waals surface area contributed by atoms with Gasteiger partial charge in [0.1, 0.15) is 23.9 Å². The number of piperidine rings is 1. The van der Waals surface area contributed by atoms with Crippen LogP contribution < -0.4 is 26.6 Å². The molecule has 0 radical (unpaired) electrons. The molecule has 1 saturated carbocycles. The lowest BCUT2D eigenvalue weighted by atomic mass is 9.74. The Morgan fingerprint density at radius 1 is 0.854 bits per heavy atom. The second-order valence-electron chi connectivity index (χ2n) is 22.2. The van der Waals surface area contributed by atoms with Crippen molar-refractivity contribution in [2.45, 2.75) is 171 Å². The van der Waals surface area contributed by atoms with Crippen molar-refractivity contribution in [3.8, 4) is 11.8 Å². The molecule has 5 heterocycles. The number of aryl methyl sites for hydroxylation is 1. The van der Waals surface area contributed by atoms with Crippen LogP contribution in [0.4, 0.5) is 14.5 Å². The van der Waals surface area contributed by atoms with Crippen LogP contribution in [-0.4, -0.2) is 91.8 Å². The first-order chi connectivity index (χ1) is 39.2. The SMILES string of the molecule is NC(=O)CC[C@H](NC(=O)[C@@H]1Cc2cccc3c2N1C(=O)[C@@H](NC(=O)c1cc2cc(C(F)(F)P(=O)(O)O)ccc2s1)CC3)C(=O)C[C@H](C(=O)CCCCCCCCC#Cc1cccc2c1CN(C1CCC(=O)NC1=O)C2=O)C1CCCCC1. The molecule has 7 amide bonds. The molecular formula is C60H67F2N6O12PS. The number of para-hydroxylation sites is 1. The van der Waals surface area contributed by atoms with E-state index in [-0.39, 0.29) is 85.3 Å². The average molecular weight is 1170 g/mol. The molecule has 3 aromatic carbocycles. The third-order valence-corrected chi connectivity index (χ3v) is 18.8. The number of unbranched alkanes of at least 4 members (excludes halogenated alkanes) is 6. The molecule has 82 heavy (non-hydrogen) atoms. The number of Topliss-reactive ketones (excluding diaryl/α,β-unsaturated/α-hetero) is 2. The van der Waals surface area contributed by atoms with Gasteiger partial charge in [-0.3, -0.25) is 57.9 Å². The average Bonchev–Trinajstić information content (AvgIpc) is 4.37. The van der Waals surface area contributed by atoms with Crippen LogP contribution in [0.15, 0.2) is 60.7 Å². The highest BCUT2D eigenvalue weighted by molar-refractivity contribution is 7.52. The minimum atomic E-state index is -5.86. The molecule has 5 atom stereocenters. The Balaban J connectivity index is 0.787. The second-order valence-corrected chi connectivity index (χ2v) is 25.0. The summed E-state index contributed by atoms with van der Waals surface area (Å²) in [5, 5.41) is 8.07. The summed E-state index contributed by atoms with van der Waals surface area (Å²) in [5.41, 5.74) is 4.21. The number of thiophene rings is 1. The fourth-order valence-electron chi connectivity index (χ4n) is 12.3. The number of hydrogen-bond donors (Lipinski definition) is 6. The molecule has 1 aromatic heterocycles. The molecule has 1 saturated heterocycles. The van der Waals surface area contributed by atoms with Gasteiger partial charge in [-0.2, -0.15) is 8.78 Å². The predicted octanol–water partition coefficient (Wildman–Crippen LogP) is 7.54. The predicted molar refractivity (Wildman–Crippen MR) is 300 cm³/mol. The molecule has 4 aliphatic heterocycles. The number of amides is 7. The Kier molecular flexibility index (Phi) is 18.7. The van der Waals surface area contributed by atoms with Crippen LogP contribution in [0.2, 0.25) is 0 Å². The Morgan fingerprint density at radius 2 is 1.59 bits per heavy atom. The van der Waals surface area contributed by atoms with Crippen molar-refractivity contribution in [2.24, 2.45) is 17.6 Å². The van der Waals surface area contributed by atoms with E-state index >= 15 is 0 Å². The molecule has 9 rings (SSSR count). The van der Waals surface area contributed by atoms with Gasteiger partial charge in [0.15, 0.2) is 5.78 Å². The molecule has 1 unspecified atom stereocenters. The highest BCUT2D eigenvalue weighted by Crippen LogP contribution is 2.59. The molecule has 434 valence electrons. The number of nitrogens with one attached hydrogen (secondary N) is 3. The van der Waals surface area contributed by atoms with Crippen LogP contribution in [0.5, 0.6) is 0 Å². The van der Waals surface area contributed by atoms with Crippen molar-refractivity contribution in [3.05, 3.63) is 98.9 Å². The van der Waals surface area contributed by atoms with Gasteiger partial charge in [0.2, 0.25) is 29.5 Å². The van der Waals surface area contributed by atoms with Gasteiger partial charge in [-0.25, -0.2) is 0 Å². The normalized spacial score (nSPS) is 19.8. The van der Waals surface area contributed by atoms with Crippen LogP contribution in [0.3, 0.4) is 0 Å². The van der Waals surface area contributed by atoms with Gasteiger partial charge in [0.05, 0.1) is 16.6 Å². The first kappa shape index (κ1) is 59.6. The van der Waals surface area contributed by atoms with E-state index < -0.39 is 84.2 Å². The number of nitrogens with two attached hydrogens (primary N) is 1. The third kappa shape index (κ3) is 13.3. The highest BCUT2D eigenvalue weighted by Gasteiger charge is 2.51. The van der Waals surface area contributed by atoms with Crippen molar-refractivity contribution >= 4 is 87.6 Å². The van der Waals surface area contributed by atoms with Gasteiger partial charge in [0, 0.05) is 72.4 Å². The van der Waals surface area contributed by atoms with E-state index in [9.17, 15) is 66.3 Å². The fourth-order valence-corrected chi connectivity index (χ4v) is 13.7. The third-order valence-electron chi connectivity index (χ3n) is 16.7. The number of alkyl halides is 2. The van der Waals surface area contributed by atoms with Gasteiger partial charge in [-0.05, 0) is 110 Å². The lowest BCUT2D eigenvalue weighted by Gasteiger charge is -2.31. The summed E-state index contributed by atoms with van der Waals surface area (Å²) < 4.78 is 41.1. The number of carbonyl (C=O) groups is 9. The zero-order valence-corrected chi connectivity index (χ0v) is 47.1. The summed E-state index contributed by atoms with van der Waals surface area (Å²) in [6.45, 7) is 0.257. The van der Waals surface area contributed by atoms with E-state index in [1.165, 1.54) is 21.9 Å². The Labute approximate surface area is 477 Å². The van der Waals surface area contributed by atoms with E-state index in [1.807, 2.05) is 18.2 Å². The minimum absolute atomic E-state index is 0.00584. The molecule has 7 N–H and O–H groups in total. The zero-order chi connectivity index (χ0) is 58.5. The standard InChI is InChI=1S/C60H67F2N6O12PS/c61-60(62,81(78,79)80)40-23-27-50-39(30-40)32-51(82-50)57(75)65-45-24-22-37-18-12-19-38-31-47(68(54(37)38)59(45)77)56(74)64-44(25-28-52(63)71)49(70)33-42(35-14-9-7-10-15-35)48(69)21-11-6-4-2-1-3-5-8-16-36-17-13-20-41-43(36)34-67(58(41)76)46-26-29-53(72)66-55(46)73/h12-13,17-20,23,27,30,32,35,42,44-47H,1-7,9-11,14-15,21-22,24-26,28-29,31,33-34H2,(H2,63,71)(H,64,74)(H,65,75)(H,66,72,73)(H2,78,79,80)/t42-,44-,45-,46?,47-/m0/s1. The van der Waals surface area contributed by atoms with Gasteiger partial charge < -0.3 is 31.1 Å². The minimum Gasteiger partial charge on any atom is -0.370 e. The second kappa shape index (κ2) is 25.7. The monoisotopic (exact) mass is 1160 g/mol. The number of nitrogens with zero attached hydrogens (tertiary/aromatic N) is 2. The van der Waals surface area contributed by atoms with Crippen LogP contribution in [0.25, 0.3) is 10.1 Å². The largest absolute Gasteiger partial charge is 0.399 e. The summed E-state index contributed by atoms with van der Waals surface area (Å²) in [5.74, 6) is 1.74. The number of ketones is 2. The van der Waals surface area contributed by atoms with Crippen LogP contribution in [0, 0.1) is 23.7 Å². The van der Waals surface area contributed by atoms with Gasteiger partial charge in [-0.15, -0.1) is 11.3 Å². The Bertz CT molecular complexity index is 3330. The number of benzene rings is 3. The first-order valence-electron chi connectivity index (χ1n) is 28.3. The Hall–Kier alpha value is -6.98. The van der Waals surface area contributed by atoms with Crippen molar-refractivity contribution in [3.63, 3.8) is 0 Å². The summed E-state index contributed by atoms with van der Waals surface area (Å²) in [7, 11) is -5.86. The number of imide groups is 1. The van der Waals surface area contributed by atoms with Crippen molar-refractivity contribution < 1.29 is 66.3 Å². The van der Waals surface area contributed by atoms with E-state index in [0.717, 1.165) is 104 Å². The maximum Gasteiger partial charge on any atom is 0.399 e. The van der Waals surface area contributed by atoms with E-state index in [0.29, 0.717) is 47.2 Å². The summed E-state index contributed by atoms with van der Waals surface area (Å²) in [4.78, 5) is 143. The summed E-state index contributed by atoms with van der Waals surface area (Å²) in [6, 6.07) is 10.9. The summed E-state index contributed by atoms with van der Waals surface area (Å²) >= 11 is 0.934. The molecule has 18 nitrogen and oxygen atoms in total. The number of carbonyl (C=O) groups excluding carboxylic acids is 9. The quantitative estimate of drug-likeness (QED) is 0.0182. The van der Waals surface area contributed by atoms with Crippen LogP contribution in [-0.2, 0) is 63.2 Å². The molecule has 1 aliphatic carbocycles. The summed E-state index contributed by atoms with van der Waals surface area (Å²) in [6.07, 6.45) is 11.1. The smallest absolute Gasteiger partial charge is 0.370 e. The molecule has 5 aliphatic rings. The molecule has 22 heteroatoms. The Morgan fingerprint density at radius 3 is 2.33 bits per heavy atom. The van der Waals surface area contributed by atoms with Gasteiger partial charge in [0.25, 0.3) is 11.8 Å². The topological polar surface area (TPSA) is 280 Å². The number of primary amides is 1. The van der Waals surface area contributed by atoms with E-state index in [2.05, 4.69) is 27.8 Å². The first-order valence-corrected chi connectivity index (χ1v) is 30.7. The molecular weight excluding hydrogens is 1100 g/mol. The number of rotatable bonds is 23. The van der Waals surface area contributed by atoms with Crippen molar-refractivity contribution in [1.29, 1.82) is 0 Å². The molecule has 4 aromatic rings. The van der Waals surface area contributed by atoms with Crippen molar-refractivity contribution in [2.75, 3.05) is 4.90 Å². The van der Waals surface area contributed by atoms with E-state index in [1.54, 1.807) is 18.2 Å². The zero-order valence-electron chi connectivity index (χ0n) is 45.4. The van der Waals surface area contributed by atoms with E-state index in [4.69, 9.17) is 5.73 Å². The molecule has 2 fully saturated rings. The lowest BCUT2D eigenvalue weighted by molar-refractivity contribution is -0.137. The van der Waals surface area contributed by atoms with Crippen LogP contribution in [0.1, 0.15) is 170 Å². The highest BCUT2D eigenvalue weighted by atomic mass is 32.1. The lowest BCUT2D eigenvalue weighted by Crippen LogP contribution is -2.56. The maximum absolute atomic E-state index is 14.6. The molecule has 0 spiro atoms. The molecule has 0 bridgehead atoms. The maximum atomic E-state index is 14.6. The number of anilines is 1.